The number of ether oxygens (including phenoxy) is 6. The number of carbonyl (C=O) groups is 2. The lowest BCUT2D eigenvalue weighted by atomic mass is 9.99. The second-order valence-electron chi connectivity index (χ2n) is 10.1. The number of benzene rings is 2. The van der Waals surface area contributed by atoms with E-state index >= 15 is 0 Å². The zero-order chi connectivity index (χ0) is 31.6. The van der Waals surface area contributed by atoms with Crippen molar-refractivity contribution in [2.24, 2.45) is 0 Å². The Balaban J connectivity index is 1.37. The maximum absolute atomic E-state index is 12.3. The number of phenolic OH excluding ortho intramolecular Hbond substituents is 3. The van der Waals surface area contributed by atoms with Gasteiger partial charge in [-0.2, -0.15) is 0 Å². The molecule has 2 heterocycles. The summed E-state index contributed by atoms with van der Waals surface area (Å²) in [7, 11) is 1.39. The number of methoxy groups -OCH3 is 1. The van der Waals surface area contributed by atoms with E-state index in [1.807, 2.05) is 0 Å². The number of esters is 1. The highest BCUT2D eigenvalue weighted by atomic mass is 16.7. The molecule has 0 saturated carbocycles. The van der Waals surface area contributed by atoms with Gasteiger partial charge in [0.1, 0.15) is 48.6 Å². The number of rotatable bonds is 10. The van der Waals surface area contributed by atoms with E-state index in [1.54, 1.807) is 0 Å². The van der Waals surface area contributed by atoms with Crippen LogP contribution in [0.1, 0.15) is 27.6 Å². The number of carbonyl (C=O) groups excluding carboxylic acids is 2. The van der Waals surface area contributed by atoms with Gasteiger partial charge in [-0.1, -0.05) is 0 Å². The van der Waals surface area contributed by atoms with Gasteiger partial charge < -0.3 is 69.3 Å². The molecule has 2 aliphatic rings. The number of hydrogen-bond acceptors (Lipinski definition) is 16. The Morgan fingerprint density at radius 1 is 0.977 bits per heavy atom. The van der Waals surface area contributed by atoms with Gasteiger partial charge in [0.2, 0.25) is 6.29 Å². The Bertz CT molecular complexity index is 1310. The Hall–Kier alpha value is -3.74. The van der Waals surface area contributed by atoms with E-state index in [0.717, 1.165) is 12.1 Å². The van der Waals surface area contributed by atoms with Crippen LogP contribution in [0.4, 0.5) is 0 Å². The summed E-state index contributed by atoms with van der Waals surface area (Å²) in [5.41, 5.74) is -2.39. The summed E-state index contributed by atoms with van der Waals surface area (Å²) in [5, 5.41) is 81.3. The summed E-state index contributed by atoms with van der Waals surface area (Å²) >= 11 is 0. The molecule has 16 heteroatoms. The predicted molar refractivity (Wildman–Crippen MR) is 139 cm³/mol. The molecule has 2 aliphatic heterocycles. The van der Waals surface area contributed by atoms with E-state index in [0.29, 0.717) is 5.75 Å². The van der Waals surface area contributed by atoms with Crippen LogP contribution in [0.2, 0.25) is 0 Å². The molecular weight excluding hydrogens is 580 g/mol. The number of phenols is 3. The SMILES string of the molecule is COc1ccc(C(C)=O)c(O[C@@H]2O[C@H](CO[C@@H]3OC[C@@](O)(COC(=O)c4cc(O)c(O)c(O)c4)[C@@H]3O)[C@@H](O)[C@H](O)[C@H]2O)c1. The van der Waals surface area contributed by atoms with Crippen LogP contribution >= 0.6 is 0 Å². The van der Waals surface area contributed by atoms with Gasteiger partial charge in [0.05, 0.1) is 31.5 Å². The summed E-state index contributed by atoms with van der Waals surface area (Å²) in [6.45, 7) is -0.632. The monoisotopic (exact) mass is 612 g/mol. The lowest BCUT2D eigenvalue weighted by Crippen LogP contribution is -2.60. The van der Waals surface area contributed by atoms with E-state index in [9.17, 15) is 50.4 Å². The van der Waals surface area contributed by atoms with E-state index in [2.05, 4.69) is 0 Å². The maximum atomic E-state index is 12.3. The van der Waals surface area contributed by atoms with E-state index < -0.39 is 91.7 Å². The molecule has 0 radical (unpaired) electrons. The van der Waals surface area contributed by atoms with Crippen LogP contribution in [-0.4, -0.2) is 128 Å². The molecule has 0 bridgehead atoms. The predicted octanol–water partition coefficient (Wildman–Crippen LogP) is -1.48. The van der Waals surface area contributed by atoms with E-state index in [4.69, 9.17) is 28.4 Å². The fourth-order valence-corrected chi connectivity index (χ4v) is 4.40. The van der Waals surface area contributed by atoms with Crippen LogP contribution in [0.25, 0.3) is 0 Å². The van der Waals surface area contributed by atoms with Crippen molar-refractivity contribution < 1.29 is 78.9 Å². The van der Waals surface area contributed by atoms with Gasteiger partial charge in [-0.25, -0.2) is 4.79 Å². The van der Waals surface area contributed by atoms with Crippen LogP contribution in [-0.2, 0) is 18.9 Å². The molecule has 0 aromatic heterocycles. The first-order valence-electron chi connectivity index (χ1n) is 12.9. The third-order valence-electron chi connectivity index (χ3n) is 6.97. The van der Waals surface area contributed by atoms with Crippen LogP contribution in [0, 0.1) is 0 Å². The van der Waals surface area contributed by atoms with Crippen LogP contribution in [0.5, 0.6) is 28.7 Å². The van der Waals surface area contributed by atoms with Gasteiger partial charge in [-0.15, -0.1) is 0 Å². The Labute approximate surface area is 243 Å². The maximum Gasteiger partial charge on any atom is 0.338 e. The number of aromatic hydroxyl groups is 3. The lowest BCUT2D eigenvalue weighted by molar-refractivity contribution is -0.289. The third kappa shape index (κ3) is 6.76. The molecule has 0 unspecified atom stereocenters. The molecule has 0 amide bonds. The average Bonchev–Trinajstić information content (AvgIpc) is 3.26. The van der Waals surface area contributed by atoms with Crippen LogP contribution in [0.3, 0.4) is 0 Å². The zero-order valence-corrected chi connectivity index (χ0v) is 22.9. The molecule has 0 aliphatic carbocycles. The fraction of sp³-hybridized carbons (Fsp3) is 0.481. The van der Waals surface area contributed by atoms with Crippen LogP contribution < -0.4 is 9.47 Å². The van der Waals surface area contributed by atoms with Crippen molar-refractivity contribution in [1.29, 1.82) is 0 Å². The molecule has 8 N–H and O–H groups in total. The molecule has 43 heavy (non-hydrogen) atoms. The largest absolute Gasteiger partial charge is 0.504 e. The molecule has 2 aromatic rings. The molecule has 0 spiro atoms. The first-order chi connectivity index (χ1) is 20.2. The first-order valence-corrected chi connectivity index (χ1v) is 12.9. The highest BCUT2D eigenvalue weighted by Gasteiger charge is 2.51. The number of aliphatic hydroxyl groups is 5. The van der Waals surface area contributed by atoms with Crippen molar-refractivity contribution in [3.05, 3.63) is 41.5 Å². The van der Waals surface area contributed by atoms with Gasteiger partial charge in [0.25, 0.3) is 0 Å². The van der Waals surface area contributed by atoms with Crippen molar-refractivity contribution in [2.45, 2.75) is 55.6 Å². The molecule has 2 fully saturated rings. The molecule has 16 nitrogen and oxygen atoms in total. The molecule has 2 aromatic carbocycles. The third-order valence-corrected chi connectivity index (χ3v) is 6.97. The molecule has 8 atom stereocenters. The summed E-state index contributed by atoms with van der Waals surface area (Å²) < 4.78 is 32.1. The summed E-state index contributed by atoms with van der Waals surface area (Å²) in [4.78, 5) is 24.4. The molecular formula is C27H32O16. The Morgan fingerprint density at radius 2 is 1.65 bits per heavy atom. The van der Waals surface area contributed by atoms with Gasteiger partial charge in [-0.05, 0) is 31.2 Å². The first kappa shape index (κ1) is 32.2. The smallest absolute Gasteiger partial charge is 0.338 e. The van der Waals surface area contributed by atoms with Gasteiger partial charge in [0, 0.05) is 6.07 Å². The van der Waals surface area contributed by atoms with Gasteiger partial charge in [-0.3, -0.25) is 4.79 Å². The highest BCUT2D eigenvalue weighted by molar-refractivity contribution is 5.97. The zero-order valence-electron chi connectivity index (χ0n) is 22.9. The Morgan fingerprint density at radius 3 is 2.28 bits per heavy atom. The summed E-state index contributed by atoms with van der Waals surface area (Å²) in [6, 6.07) is 5.98. The second-order valence-corrected chi connectivity index (χ2v) is 10.1. The number of hydrogen-bond donors (Lipinski definition) is 8. The standard InChI is InChI=1S/C27H32O16/c1-11(28)14-4-3-13(38-2)7-17(14)42-25-22(34)21(33)20(32)18(43-25)8-39-26-23(35)27(37,10-41-26)9-40-24(36)12-5-15(29)19(31)16(30)6-12/h3-7,18,20-23,25-26,29-35,37H,8-10H2,1-2H3/t18-,20-,21+,22-,23-,25-,26-,27+/m1/s1. The highest BCUT2D eigenvalue weighted by Crippen LogP contribution is 2.36. The van der Waals surface area contributed by atoms with Gasteiger partial charge >= 0.3 is 5.97 Å². The van der Waals surface area contributed by atoms with Crippen molar-refractivity contribution in [3.8, 4) is 28.7 Å². The van der Waals surface area contributed by atoms with Crippen molar-refractivity contribution in [2.75, 3.05) is 26.9 Å². The van der Waals surface area contributed by atoms with Crippen LogP contribution in [0.15, 0.2) is 30.3 Å². The minimum absolute atomic E-state index is 0.0222. The van der Waals surface area contributed by atoms with E-state index in [-0.39, 0.29) is 22.7 Å². The second kappa shape index (κ2) is 12.9. The molecule has 4 rings (SSSR count). The van der Waals surface area contributed by atoms with Crippen molar-refractivity contribution >= 4 is 11.8 Å². The number of Topliss-reactive ketones (excluding diaryl/α,β-unsaturated/α-hetero) is 1. The van der Waals surface area contributed by atoms with Gasteiger partial charge in [0.15, 0.2) is 34.9 Å². The van der Waals surface area contributed by atoms with E-state index in [1.165, 1.54) is 32.2 Å². The normalized spacial score (nSPS) is 30.5. The molecule has 2 saturated heterocycles. The minimum atomic E-state index is -2.16. The topological polar surface area (TPSA) is 251 Å². The number of ketones is 1. The quantitative estimate of drug-likeness (QED) is 0.0865. The Kier molecular flexibility index (Phi) is 9.63. The van der Waals surface area contributed by atoms with Crippen molar-refractivity contribution in [3.63, 3.8) is 0 Å². The summed E-state index contributed by atoms with van der Waals surface area (Å²) in [6.07, 6.45) is -11.5. The van der Waals surface area contributed by atoms with Crippen molar-refractivity contribution in [1.82, 2.24) is 0 Å². The lowest BCUT2D eigenvalue weighted by Gasteiger charge is -2.40. The molecule has 236 valence electrons. The average molecular weight is 613 g/mol. The summed E-state index contributed by atoms with van der Waals surface area (Å²) in [5.74, 6) is -3.60. The number of aliphatic hydroxyl groups excluding tert-OH is 4. The minimum Gasteiger partial charge on any atom is -0.504 e. The fourth-order valence-electron chi connectivity index (χ4n) is 4.40.